The van der Waals surface area contributed by atoms with Gasteiger partial charge in [0.1, 0.15) is 21.6 Å². The summed E-state index contributed by atoms with van der Waals surface area (Å²) in [6.45, 7) is 7.17. The second-order valence-electron chi connectivity index (χ2n) is 5.95. The average Bonchev–Trinajstić information content (AvgIpc) is 2.93. The summed E-state index contributed by atoms with van der Waals surface area (Å²) in [7, 11) is 0. The number of nitrogens with one attached hydrogen (secondary N) is 1. The van der Waals surface area contributed by atoms with Gasteiger partial charge in [-0.05, 0) is 38.5 Å². The van der Waals surface area contributed by atoms with E-state index in [-0.39, 0.29) is 6.10 Å². The fourth-order valence-electron chi connectivity index (χ4n) is 2.73. The van der Waals surface area contributed by atoms with Crippen LogP contribution in [0.25, 0.3) is 0 Å². The molecule has 3 N–H and O–H groups in total. The highest BCUT2D eigenvalue weighted by Crippen LogP contribution is 2.43. The van der Waals surface area contributed by atoms with Gasteiger partial charge in [0.2, 0.25) is 0 Å². The molecule has 2 unspecified atom stereocenters. The van der Waals surface area contributed by atoms with E-state index in [0.29, 0.717) is 22.2 Å². The smallest absolute Gasteiger partial charge is 0.178 e. The van der Waals surface area contributed by atoms with Crippen LogP contribution in [0, 0.1) is 23.2 Å². The highest BCUT2D eigenvalue weighted by atomic mass is 32.1. The van der Waals surface area contributed by atoms with Gasteiger partial charge in [0.05, 0.1) is 6.10 Å². The lowest BCUT2D eigenvalue weighted by atomic mass is 10.1. The number of rotatable bonds is 5. The largest absolute Gasteiger partial charge is 0.486 e. The maximum Gasteiger partial charge on any atom is 0.178 e. The predicted molar refractivity (Wildman–Crippen MR) is 84.2 cm³/mol. The second kappa shape index (κ2) is 6.36. The fourth-order valence-corrected chi connectivity index (χ4v) is 3.59. The van der Waals surface area contributed by atoms with E-state index in [1.54, 1.807) is 0 Å². The summed E-state index contributed by atoms with van der Waals surface area (Å²) in [5.74, 6) is 2.19. The summed E-state index contributed by atoms with van der Waals surface area (Å²) < 4.78 is 5.77. The Morgan fingerprint density at radius 3 is 2.80 bits per heavy atom. The molecule has 20 heavy (non-hydrogen) atoms. The van der Waals surface area contributed by atoms with Crippen LogP contribution < -0.4 is 15.8 Å². The van der Waals surface area contributed by atoms with Gasteiger partial charge in [-0.1, -0.05) is 13.3 Å². The van der Waals surface area contributed by atoms with Crippen molar-refractivity contribution in [3.63, 3.8) is 0 Å². The standard InChI is InChI=1S/C15H23N3OS/c1-9(2)19-14-13(17)12(7-16)20-15(14)18-8-11-5-4-10(3)6-11/h9-11,18H,4-6,8,17H2,1-3H3. The second-order valence-corrected chi connectivity index (χ2v) is 6.97. The Morgan fingerprint density at radius 1 is 1.50 bits per heavy atom. The van der Waals surface area contributed by atoms with Gasteiger partial charge in [0.15, 0.2) is 5.75 Å². The first-order chi connectivity index (χ1) is 9.51. The summed E-state index contributed by atoms with van der Waals surface area (Å²) in [5.41, 5.74) is 6.46. The van der Waals surface area contributed by atoms with Gasteiger partial charge in [-0.25, -0.2) is 0 Å². The fraction of sp³-hybridized carbons (Fsp3) is 0.667. The highest BCUT2D eigenvalue weighted by molar-refractivity contribution is 7.17. The van der Waals surface area contributed by atoms with E-state index < -0.39 is 0 Å². The van der Waals surface area contributed by atoms with Crippen molar-refractivity contribution in [2.45, 2.75) is 46.1 Å². The van der Waals surface area contributed by atoms with Crippen molar-refractivity contribution in [1.82, 2.24) is 0 Å². The van der Waals surface area contributed by atoms with Crippen molar-refractivity contribution in [3.05, 3.63) is 4.88 Å². The Morgan fingerprint density at radius 2 is 2.25 bits per heavy atom. The molecule has 0 aromatic carbocycles. The molecule has 1 aliphatic carbocycles. The van der Waals surface area contributed by atoms with Gasteiger partial charge in [0, 0.05) is 6.54 Å². The van der Waals surface area contributed by atoms with E-state index >= 15 is 0 Å². The van der Waals surface area contributed by atoms with Crippen molar-refractivity contribution in [2.75, 3.05) is 17.6 Å². The monoisotopic (exact) mass is 293 g/mol. The minimum Gasteiger partial charge on any atom is -0.486 e. The SMILES string of the molecule is CC1CCC(CNc2sc(C#N)c(N)c2OC(C)C)C1. The highest BCUT2D eigenvalue weighted by Gasteiger charge is 2.23. The minimum atomic E-state index is 0.0468. The van der Waals surface area contributed by atoms with E-state index in [1.807, 2.05) is 13.8 Å². The molecule has 1 saturated carbocycles. The molecule has 0 amide bonds. The van der Waals surface area contributed by atoms with E-state index in [1.165, 1.54) is 30.6 Å². The predicted octanol–water partition coefficient (Wildman–Crippen LogP) is 3.84. The number of nitrogens with zero attached hydrogens (tertiary/aromatic N) is 1. The van der Waals surface area contributed by atoms with Gasteiger partial charge in [-0.3, -0.25) is 0 Å². The summed E-state index contributed by atoms with van der Waals surface area (Å²) in [4.78, 5) is 0.530. The number of anilines is 2. The lowest BCUT2D eigenvalue weighted by Crippen LogP contribution is -2.13. The summed E-state index contributed by atoms with van der Waals surface area (Å²) in [6, 6.07) is 2.14. The van der Waals surface area contributed by atoms with E-state index in [0.717, 1.165) is 17.5 Å². The number of ether oxygens (including phenoxy) is 1. The summed E-state index contributed by atoms with van der Waals surface area (Å²) >= 11 is 1.39. The average molecular weight is 293 g/mol. The zero-order valence-corrected chi connectivity index (χ0v) is 13.2. The first-order valence-corrected chi connectivity index (χ1v) is 8.05. The third kappa shape index (κ3) is 3.37. The Kier molecular flexibility index (Phi) is 4.77. The number of nitriles is 1. The van der Waals surface area contributed by atoms with E-state index in [4.69, 9.17) is 15.7 Å². The van der Waals surface area contributed by atoms with Crippen LogP contribution in [-0.2, 0) is 0 Å². The molecule has 2 atom stereocenters. The molecule has 1 fully saturated rings. The van der Waals surface area contributed by atoms with Crippen LogP contribution >= 0.6 is 11.3 Å². The molecule has 1 heterocycles. The van der Waals surface area contributed by atoms with Crippen molar-refractivity contribution in [2.24, 2.45) is 11.8 Å². The van der Waals surface area contributed by atoms with Crippen LogP contribution in [0.5, 0.6) is 5.75 Å². The van der Waals surface area contributed by atoms with Crippen molar-refractivity contribution in [3.8, 4) is 11.8 Å². The van der Waals surface area contributed by atoms with Gasteiger partial charge in [-0.15, -0.1) is 11.3 Å². The Hall–Kier alpha value is -1.41. The van der Waals surface area contributed by atoms with E-state index in [9.17, 15) is 0 Å². The van der Waals surface area contributed by atoms with Gasteiger partial charge < -0.3 is 15.8 Å². The van der Waals surface area contributed by atoms with Gasteiger partial charge in [0.25, 0.3) is 0 Å². The molecule has 5 heteroatoms. The van der Waals surface area contributed by atoms with Gasteiger partial charge in [-0.2, -0.15) is 5.26 Å². The maximum absolute atomic E-state index is 9.10. The number of hydrogen-bond donors (Lipinski definition) is 2. The van der Waals surface area contributed by atoms with E-state index in [2.05, 4.69) is 18.3 Å². The summed E-state index contributed by atoms with van der Waals surface area (Å²) in [6.07, 6.45) is 3.92. The van der Waals surface area contributed by atoms with Crippen LogP contribution in [0.1, 0.15) is 44.9 Å². The number of thiophene rings is 1. The molecule has 0 radical (unpaired) electrons. The normalized spacial score (nSPS) is 21.9. The van der Waals surface area contributed by atoms with Gasteiger partial charge >= 0.3 is 0 Å². The molecular formula is C15H23N3OS. The number of nitrogens with two attached hydrogens (primary N) is 1. The first kappa shape index (κ1) is 15.0. The number of hydrogen-bond acceptors (Lipinski definition) is 5. The lowest BCUT2D eigenvalue weighted by molar-refractivity contribution is 0.246. The topological polar surface area (TPSA) is 71.1 Å². The quantitative estimate of drug-likeness (QED) is 0.865. The Bertz CT molecular complexity index is 504. The number of nitrogen functional groups attached to an aromatic ring is 1. The molecular weight excluding hydrogens is 270 g/mol. The lowest BCUT2D eigenvalue weighted by Gasteiger charge is -2.15. The third-order valence-corrected chi connectivity index (χ3v) is 4.76. The zero-order valence-electron chi connectivity index (χ0n) is 12.4. The Balaban J connectivity index is 2.08. The molecule has 1 aliphatic rings. The van der Waals surface area contributed by atoms with Crippen molar-refractivity contribution < 1.29 is 4.74 Å². The Labute approximate surface area is 124 Å². The van der Waals surface area contributed by atoms with Crippen LogP contribution in [0.4, 0.5) is 10.7 Å². The van der Waals surface area contributed by atoms with Crippen molar-refractivity contribution in [1.29, 1.82) is 5.26 Å². The first-order valence-electron chi connectivity index (χ1n) is 7.24. The van der Waals surface area contributed by atoms with Crippen LogP contribution in [0.15, 0.2) is 0 Å². The molecule has 4 nitrogen and oxygen atoms in total. The molecule has 0 bridgehead atoms. The molecule has 0 saturated heterocycles. The molecule has 2 rings (SSSR count). The molecule has 0 spiro atoms. The summed E-state index contributed by atoms with van der Waals surface area (Å²) in [5, 5.41) is 13.4. The van der Waals surface area contributed by atoms with Crippen molar-refractivity contribution >= 4 is 22.0 Å². The maximum atomic E-state index is 9.10. The molecule has 0 aliphatic heterocycles. The molecule has 1 aromatic heterocycles. The molecule has 110 valence electrons. The van der Waals surface area contributed by atoms with Crippen LogP contribution in [0.2, 0.25) is 0 Å². The van der Waals surface area contributed by atoms with Crippen LogP contribution in [-0.4, -0.2) is 12.6 Å². The molecule has 1 aromatic rings. The van der Waals surface area contributed by atoms with Crippen LogP contribution in [0.3, 0.4) is 0 Å². The third-order valence-electron chi connectivity index (χ3n) is 3.71. The zero-order chi connectivity index (χ0) is 14.7. The minimum absolute atomic E-state index is 0.0468.